The molecule has 5 heteroatoms. The van der Waals surface area contributed by atoms with Crippen molar-refractivity contribution < 1.29 is 0 Å². The zero-order chi connectivity index (χ0) is 11.7. The van der Waals surface area contributed by atoms with Gasteiger partial charge in [-0.15, -0.1) is 0 Å². The zero-order valence-electron chi connectivity index (χ0n) is 9.31. The number of fused-ring (bicyclic) bond motifs is 1. The maximum Gasteiger partial charge on any atom is 0.126 e. The molecule has 1 unspecified atom stereocenters. The summed E-state index contributed by atoms with van der Waals surface area (Å²) in [7, 11) is 0. The Bertz CT molecular complexity index is 505. The highest BCUT2D eigenvalue weighted by Gasteiger charge is 2.18. The number of nitrogens with zero attached hydrogens (tertiary/aromatic N) is 3. The first kappa shape index (κ1) is 10.6. The fraction of sp³-hybridized carbons (Fsp3) is 0.333. The van der Waals surface area contributed by atoms with E-state index in [0.29, 0.717) is 11.1 Å². The quantitative estimate of drug-likeness (QED) is 0.887. The van der Waals surface area contributed by atoms with E-state index < -0.39 is 0 Å². The van der Waals surface area contributed by atoms with Crippen molar-refractivity contribution in [2.75, 3.05) is 5.32 Å². The summed E-state index contributed by atoms with van der Waals surface area (Å²) in [4.78, 5) is 4.25. The summed E-state index contributed by atoms with van der Waals surface area (Å²) >= 11 is 5.80. The molecule has 0 saturated carbocycles. The number of hydrogen-bond donors (Lipinski definition) is 1. The number of aromatic nitrogens is 3. The highest BCUT2D eigenvalue weighted by molar-refractivity contribution is 6.30. The Morgan fingerprint density at radius 3 is 3.12 bits per heavy atom. The number of halogens is 1. The van der Waals surface area contributed by atoms with Gasteiger partial charge in [0.25, 0.3) is 0 Å². The number of nitrogens with one attached hydrogen (secondary N) is 1. The Balaban J connectivity index is 1.69. The largest absolute Gasteiger partial charge is 0.367 e. The van der Waals surface area contributed by atoms with Crippen molar-refractivity contribution in [3.8, 4) is 0 Å². The molecule has 0 bridgehead atoms. The van der Waals surface area contributed by atoms with Gasteiger partial charge in [0.1, 0.15) is 5.82 Å². The number of anilines is 1. The van der Waals surface area contributed by atoms with Gasteiger partial charge in [-0.1, -0.05) is 11.6 Å². The van der Waals surface area contributed by atoms with Crippen LogP contribution >= 0.6 is 11.6 Å². The maximum absolute atomic E-state index is 5.80. The average molecular weight is 249 g/mol. The first-order valence-corrected chi connectivity index (χ1v) is 6.08. The van der Waals surface area contributed by atoms with Crippen molar-refractivity contribution in [1.82, 2.24) is 14.8 Å². The number of pyridine rings is 1. The van der Waals surface area contributed by atoms with Crippen LogP contribution in [-0.2, 0) is 13.0 Å². The summed E-state index contributed by atoms with van der Waals surface area (Å²) in [5, 5.41) is 8.36. The topological polar surface area (TPSA) is 42.7 Å². The molecule has 1 aliphatic rings. The Morgan fingerprint density at radius 1 is 1.35 bits per heavy atom. The molecule has 4 nitrogen and oxygen atoms in total. The monoisotopic (exact) mass is 248 g/mol. The van der Waals surface area contributed by atoms with Crippen LogP contribution in [0.25, 0.3) is 0 Å². The van der Waals surface area contributed by atoms with E-state index in [0.717, 1.165) is 25.2 Å². The van der Waals surface area contributed by atoms with Crippen molar-refractivity contribution in [3.63, 3.8) is 0 Å². The molecule has 0 aliphatic carbocycles. The normalized spacial score (nSPS) is 18.8. The lowest BCUT2D eigenvalue weighted by molar-refractivity contribution is 0.455. The number of aryl methyl sites for hydroxylation is 1. The number of hydrogen-bond acceptors (Lipinski definition) is 3. The molecule has 2 aromatic heterocycles. The summed E-state index contributed by atoms with van der Waals surface area (Å²) in [5.41, 5.74) is 1.28. The Kier molecular flexibility index (Phi) is 2.73. The molecule has 88 valence electrons. The minimum absolute atomic E-state index is 0.424. The second kappa shape index (κ2) is 4.37. The van der Waals surface area contributed by atoms with Crippen LogP contribution in [0.2, 0.25) is 5.02 Å². The predicted octanol–water partition coefficient (Wildman–Crippen LogP) is 2.36. The van der Waals surface area contributed by atoms with E-state index in [1.807, 2.05) is 18.3 Å². The van der Waals surface area contributed by atoms with Crippen LogP contribution in [-0.4, -0.2) is 20.8 Å². The van der Waals surface area contributed by atoms with Gasteiger partial charge in [0, 0.05) is 37.1 Å². The summed E-state index contributed by atoms with van der Waals surface area (Å²) in [6.07, 6.45) is 5.58. The van der Waals surface area contributed by atoms with Crippen molar-refractivity contribution in [2.45, 2.75) is 25.4 Å². The van der Waals surface area contributed by atoms with Crippen LogP contribution in [0.5, 0.6) is 0 Å². The Morgan fingerprint density at radius 2 is 2.29 bits per heavy atom. The van der Waals surface area contributed by atoms with Gasteiger partial charge < -0.3 is 5.32 Å². The first-order chi connectivity index (χ1) is 8.31. The molecule has 0 radical (unpaired) electrons. The van der Waals surface area contributed by atoms with E-state index in [-0.39, 0.29) is 0 Å². The number of rotatable bonds is 2. The van der Waals surface area contributed by atoms with Crippen LogP contribution in [0, 0.1) is 0 Å². The van der Waals surface area contributed by atoms with Gasteiger partial charge in [0.05, 0.1) is 5.02 Å². The molecule has 1 N–H and O–H groups in total. The van der Waals surface area contributed by atoms with Crippen LogP contribution in [0.1, 0.15) is 12.1 Å². The van der Waals surface area contributed by atoms with Crippen molar-refractivity contribution >= 4 is 17.4 Å². The fourth-order valence-electron chi connectivity index (χ4n) is 2.16. The molecular formula is C12H13ClN4. The van der Waals surface area contributed by atoms with E-state index in [4.69, 9.17) is 11.6 Å². The van der Waals surface area contributed by atoms with E-state index in [9.17, 15) is 0 Å². The molecule has 3 rings (SSSR count). The van der Waals surface area contributed by atoms with Gasteiger partial charge in [-0.25, -0.2) is 4.98 Å². The van der Waals surface area contributed by atoms with Crippen LogP contribution < -0.4 is 5.32 Å². The highest BCUT2D eigenvalue weighted by atomic mass is 35.5. The minimum Gasteiger partial charge on any atom is -0.367 e. The second-order valence-corrected chi connectivity index (χ2v) is 4.68. The lowest BCUT2D eigenvalue weighted by atomic mass is 10.0. The van der Waals surface area contributed by atoms with Crippen molar-refractivity contribution in [1.29, 1.82) is 0 Å². The van der Waals surface area contributed by atoms with Crippen LogP contribution in [0.3, 0.4) is 0 Å². The van der Waals surface area contributed by atoms with Crippen LogP contribution in [0.15, 0.2) is 30.6 Å². The SMILES string of the molecule is Clc1ccc(NC2CCn3nccc3C2)nc1. The molecule has 0 spiro atoms. The van der Waals surface area contributed by atoms with Crippen molar-refractivity contribution in [2.24, 2.45) is 0 Å². The summed E-state index contributed by atoms with van der Waals surface area (Å²) in [6, 6.07) is 6.26. The molecule has 1 aliphatic heterocycles. The maximum atomic E-state index is 5.80. The fourth-order valence-corrected chi connectivity index (χ4v) is 2.27. The molecule has 0 fully saturated rings. The van der Waals surface area contributed by atoms with Gasteiger partial charge in [-0.3, -0.25) is 4.68 Å². The lowest BCUT2D eigenvalue weighted by Crippen LogP contribution is -2.30. The van der Waals surface area contributed by atoms with Gasteiger partial charge in [0.2, 0.25) is 0 Å². The van der Waals surface area contributed by atoms with E-state index in [1.165, 1.54) is 5.69 Å². The Hall–Kier alpha value is -1.55. The molecule has 0 amide bonds. The van der Waals surface area contributed by atoms with E-state index in [2.05, 4.69) is 26.1 Å². The highest BCUT2D eigenvalue weighted by Crippen LogP contribution is 2.18. The predicted molar refractivity (Wildman–Crippen MR) is 67.2 cm³/mol. The molecule has 2 aromatic rings. The smallest absolute Gasteiger partial charge is 0.126 e. The Labute approximate surface area is 105 Å². The molecule has 3 heterocycles. The van der Waals surface area contributed by atoms with Gasteiger partial charge in [-0.05, 0) is 24.6 Å². The van der Waals surface area contributed by atoms with E-state index in [1.54, 1.807) is 6.20 Å². The third-order valence-corrected chi connectivity index (χ3v) is 3.25. The summed E-state index contributed by atoms with van der Waals surface area (Å²) in [6.45, 7) is 0.966. The van der Waals surface area contributed by atoms with Crippen molar-refractivity contribution in [3.05, 3.63) is 41.3 Å². The van der Waals surface area contributed by atoms with Gasteiger partial charge in [0.15, 0.2) is 0 Å². The summed E-state index contributed by atoms with van der Waals surface area (Å²) < 4.78 is 2.06. The van der Waals surface area contributed by atoms with E-state index >= 15 is 0 Å². The summed E-state index contributed by atoms with van der Waals surface area (Å²) in [5.74, 6) is 0.882. The zero-order valence-corrected chi connectivity index (χ0v) is 10.1. The molecule has 1 atom stereocenters. The average Bonchev–Trinajstić information content (AvgIpc) is 2.79. The first-order valence-electron chi connectivity index (χ1n) is 5.70. The molecule has 0 saturated heterocycles. The molecule has 17 heavy (non-hydrogen) atoms. The lowest BCUT2D eigenvalue weighted by Gasteiger charge is -2.24. The minimum atomic E-state index is 0.424. The van der Waals surface area contributed by atoms with Gasteiger partial charge >= 0.3 is 0 Å². The molecule has 0 aromatic carbocycles. The van der Waals surface area contributed by atoms with Crippen LogP contribution in [0.4, 0.5) is 5.82 Å². The second-order valence-electron chi connectivity index (χ2n) is 4.24. The standard InChI is InChI=1S/C12H13ClN4/c13-9-1-2-12(14-8-9)16-10-4-6-17-11(7-10)3-5-15-17/h1-3,5,8,10H,4,6-7H2,(H,14,16). The third-order valence-electron chi connectivity index (χ3n) is 3.03. The van der Waals surface area contributed by atoms with Gasteiger partial charge in [-0.2, -0.15) is 5.10 Å². The third kappa shape index (κ3) is 2.26. The molecular weight excluding hydrogens is 236 g/mol.